The minimum Gasteiger partial charge on any atom is -0.361 e. The fourth-order valence-electron chi connectivity index (χ4n) is 3.67. The van der Waals surface area contributed by atoms with Crippen molar-refractivity contribution in [2.24, 2.45) is 0 Å². The summed E-state index contributed by atoms with van der Waals surface area (Å²) in [6.45, 7) is 0.198. The lowest BCUT2D eigenvalue weighted by molar-refractivity contribution is -0.123. The SMILES string of the molecule is O=C(NC(Cc1c[nH]c2ccccc12)C(=O)NCc1nnc2ccccn12)c1cccs1. The van der Waals surface area contributed by atoms with Gasteiger partial charge in [0.1, 0.15) is 6.04 Å². The third-order valence-corrected chi connectivity index (χ3v) is 6.14. The first-order valence-corrected chi connectivity index (χ1v) is 11.0. The molecule has 0 aliphatic carbocycles. The molecular formula is C23H20N6O2S. The van der Waals surface area contributed by atoms with Gasteiger partial charge in [-0.2, -0.15) is 0 Å². The second-order valence-corrected chi connectivity index (χ2v) is 8.28. The molecular weight excluding hydrogens is 424 g/mol. The summed E-state index contributed by atoms with van der Waals surface area (Å²) in [5.74, 6) is 0.0603. The van der Waals surface area contributed by atoms with E-state index in [0.29, 0.717) is 22.8 Å². The first-order valence-electron chi connectivity index (χ1n) is 10.1. The Labute approximate surface area is 187 Å². The quantitative estimate of drug-likeness (QED) is 0.359. The Hall–Kier alpha value is -3.98. The van der Waals surface area contributed by atoms with Crippen LogP contribution < -0.4 is 10.6 Å². The molecule has 8 nitrogen and oxygen atoms in total. The number of nitrogens with zero attached hydrogens (tertiary/aromatic N) is 3. The lowest BCUT2D eigenvalue weighted by atomic mass is 10.0. The first kappa shape index (κ1) is 20.0. The molecule has 160 valence electrons. The standard InChI is InChI=1S/C23H20N6O2S/c30-22(25-14-21-28-27-20-9-3-4-10-29(20)21)18(26-23(31)19-8-5-11-32-19)12-15-13-24-17-7-2-1-6-16(15)17/h1-11,13,18,24H,12,14H2,(H,25,30)(H,26,31). The minimum atomic E-state index is -0.747. The number of hydrogen-bond donors (Lipinski definition) is 3. The Morgan fingerprint density at radius 3 is 2.81 bits per heavy atom. The van der Waals surface area contributed by atoms with Crippen LogP contribution in [0.5, 0.6) is 0 Å². The zero-order chi connectivity index (χ0) is 21.9. The number of aromatic amines is 1. The maximum Gasteiger partial charge on any atom is 0.262 e. The van der Waals surface area contributed by atoms with E-state index >= 15 is 0 Å². The number of aromatic nitrogens is 4. The van der Waals surface area contributed by atoms with Crippen LogP contribution in [-0.4, -0.2) is 37.4 Å². The van der Waals surface area contributed by atoms with Gasteiger partial charge in [-0.25, -0.2) is 0 Å². The molecule has 0 radical (unpaired) electrons. The molecule has 0 fully saturated rings. The number of carbonyl (C=O) groups is 2. The van der Waals surface area contributed by atoms with Crippen LogP contribution in [-0.2, 0) is 17.8 Å². The van der Waals surface area contributed by atoms with E-state index in [1.165, 1.54) is 11.3 Å². The van der Waals surface area contributed by atoms with Crippen molar-refractivity contribution >= 4 is 39.7 Å². The number of benzene rings is 1. The highest BCUT2D eigenvalue weighted by Crippen LogP contribution is 2.19. The highest BCUT2D eigenvalue weighted by atomic mass is 32.1. The summed E-state index contributed by atoms with van der Waals surface area (Å²) in [6, 6.07) is 16.3. The molecule has 1 unspecified atom stereocenters. The van der Waals surface area contributed by atoms with Crippen molar-refractivity contribution in [2.45, 2.75) is 19.0 Å². The van der Waals surface area contributed by atoms with Crippen molar-refractivity contribution in [1.82, 2.24) is 30.2 Å². The van der Waals surface area contributed by atoms with Gasteiger partial charge < -0.3 is 15.6 Å². The van der Waals surface area contributed by atoms with Crippen molar-refractivity contribution in [3.63, 3.8) is 0 Å². The number of amides is 2. The van der Waals surface area contributed by atoms with E-state index in [2.05, 4.69) is 25.8 Å². The van der Waals surface area contributed by atoms with E-state index in [9.17, 15) is 9.59 Å². The van der Waals surface area contributed by atoms with Gasteiger partial charge >= 0.3 is 0 Å². The van der Waals surface area contributed by atoms with Crippen LogP contribution in [0.1, 0.15) is 21.1 Å². The summed E-state index contributed by atoms with van der Waals surface area (Å²) in [5.41, 5.74) is 2.65. The molecule has 5 aromatic rings. The predicted molar refractivity (Wildman–Crippen MR) is 122 cm³/mol. The van der Waals surface area contributed by atoms with Gasteiger partial charge in [-0.05, 0) is 35.2 Å². The summed E-state index contributed by atoms with van der Waals surface area (Å²) in [6.07, 6.45) is 4.08. The molecule has 4 heterocycles. The van der Waals surface area contributed by atoms with E-state index in [4.69, 9.17) is 0 Å². The normalized spacial score (nSPS) is 12.1. The minimum absolute atomic E-state index is 0.198. The van der Waals surface area contributed by atoms with Gasteiger partial charge in [-0.15, -0.1) is 21.5 Å². The van der Waals surface area contributed by atoms with Gasteiger partial charge in [0, 0.05) is 29.7 Å². The molecule has 0 spiro atoms. The van der Waals surface area contributed by atoms with Crippen molar-refractivity contribution in [3.8, 4) is 0 Å². The summed E-state index contributed by atoms with van der Waals surface area (Å²) in [4.78, 5) is 29.6. The highest BCUT2D eigenvalue weighted by molar-refractivity contribution is 7.12. The molecule has 4 aromatic heterocycles. The van der Waals surface area contributed by atoms with E-state index < -0.39 is 6.04 Å². The Morgan fingerprint density at radius 2 is 1.94 bits per heavy atom. The van der Waals surface area contributed by atoms with Crippen LogP contribution in [0.2, 0.25) is 0 Å². The second kappa shape index (κ2) is 8.64. The molecule has 0 aliphatic rings. The maximum atomic E-state index is 13.2. The molecule has 5 rings (SSSR count). The average molecular weight is 445 g/mol. The summed E-state index contributed by atoms with van der Waals surface area (Å²) in [7, 11) is 0. The fourth-order valence-corrected chi connectivity index (χ4v) is 4.29. The largest absolute Gasteiger partial charge is 0.361 e. The number of carbonyl (C=O) groups excluding carboxylic acids is 2. The zero-order valence-electron chi connectivity index (χ0n) is 17.0. The summed E-state index contributed by atoms with van der Waals surface area (Å²) < 4.78 is 1.82. The van der Waals surface area contributed by atoms with Gasteiger partial charge in [-0.1, -0.05) is 30.3 Å². The molecule has 0 saturated carbocycles. The van der Waals surface area contributed by atoms with Crippen molar-refractivity contribution in [3.05, 3.63) is 88.6 Å². The number of fused-ring (bicyclic) bond motifs is 2. The maximum absolute atomic E-state index is 13.2. The summed E-state index contributed by atoms with van der Waals surface area (Å²) >= 11 is 1.34. The third kappa shape index (κ3) is 3.97. The number of pyridine rings is 1. The van der Waals surface area contributed by atoms with Crippen LogP contribution >= 0.6 is 11.3 Å². The lowest BCUT2D eigenvalue weighted by Crippen LogP contribution is -2.47. The fraction of sp³-hybridized carbons (Fsp3) is 0.130. The summed E-state index contributed by atoms with van der Waals surface area (Å²) in [5, 5.41) is 16.9. The van der Waals surface area contributed by atoms with Crippen molar-refractivity contribution in [1.29, 1.82) is 0 Å². The Balaban J connectivity index is 1.36. The van der Waals surface area contributed by atoms with Crippen LogP contribution in [0.25, 0.3) is 16.6 Å². The molecule has 0 aliphatic heterocycles. The van der Waals surface area contributed by atoms with Gasteiger partial charge in [-0.3, -0.25) is 14.0 Å². The smallest absolute Gasteiger partial charge is 0.262 e. The van der Waals surface area contributed by atoms with Gasteiger partial charge in [0.25, 0.3) is 5.91 Å². The zero-order valence-corrected chi connectivity index (χ0v) is 17.8. The molecule has 1 atom stereocenters. The number of H-pyrrole nitrogens is 1. The van der Waals surface area contributed by atoms with Crippen LogP contribution in [0.4, 0.5) is 0 Å². The van der Waals surface area contributed by atoms with E-state index in [-0.39, 0.29) is 18.4 Å². The van der Waals surface area contributed by atoms with Crippen LogP contribution in [0, 0.1) is 0 Å². The monoisotopic (exact) mass is 444 g/mol. The molecule has 3 N–H and O–H groups in total. The predicted octanol–water partition coefficient (Wildman–Crippen LogP) is 2.93. The highest BCUT2D eigenvalue weighted by Gasteiger charge is 2.24. The molecule has 9 heteroatoms. The number of rotatable bonds is 7. The number of nitrogens with one attached hydrogen (secondary N) is 3. The van der Waals surface area contributed by atoms with Crippen LogP contribution in [0.15, 0.2) is 72.4 Å². The molecule has 0 bridgehead atoms. The Bertz CT molecular complexity index is 1390. The lowest BCUT2D eigenvalue weighted by Gasteiger charge is -2.18. The van der Waals surface area contributed by atoms with E-state index in [1.54, 1.807) is 6.07 Å². The van der Waals surface area contributed by atoms with Crippen molar-refractivity contribution in [2.75, 3.05) is 0 Å². The molecule has 32 heavy (non-hydrogen) atoms. The van der Waals surface area contributed by atoms with Gasteiger partial charge in [0.05, 0.1) is 11.4 Å². The van der Waals surface area contributed by atoms with Gasteiger partial charge in [0.15, 0.2) is 11.5 Å². The van der Waals surface area contributed by atoms with E-state index in [1.807, 2.05) is 70.7 Å². The number of thiophene rings is 1. The van der Waals surface area contributed by atoms with Crippen LogP contribution in [0.3, 0.4) is 0 Å². The first-order chi connectivity index (χ1) is 15.7. The second-order valence-electron chi connectivity index (χ2n) is 7.33. The van der Waals surface area contributed by atoms with Gasteiger partial charge in [0.2, 0.25) is 5.91 Å². The molecule has 2 amide bonds. The number of para-hydroxylation sites is 1. The Morgan fingerprint density at radius 1 is 1.06 bits per heavy atom. The average Bonchev–Trinajstić information content (AvgIpc) is 3.57. The molecule has 1 aromatic carbocycles. The Kier molecular flexibility index (Phi) is 5.39. The number of hydrogen-bond acceptors (Lipinski definition) is 5. The topological polar surface area (TPSA) is 104 Å². The molecule has 0 saturated heterocycles. The third-order valence-electron chi connectivity index (χ3n) is 5.27. The van der Waals surface area contributed by atoms with Crippen molar-refractivity contribution < 1.29 is 9.59 Å². The van der Waals surface area contributed by atoms with E-state index in [0.717, 1.165) is 16.5 Å².